The summed E-state index contributed by atoms with van der Waals surface area (Å²) in [5, 5.41) is 3.15. The largest absolute Gasteiger partial charge is 0.322 e. The molecule has 0 radical (unpaired) electrons. The molecule has 0 saturated carbocycles. The van der Waals surface area contributed by atoms with Crippen molar-refractivity contribution in [1.82, 2.24) is 9.47 Å². The van der Waals surface area contributed by atoms with Crippen molar-refractivity contribution in [1.29, 1.82) is 0 Å². The van der Waals surface area contributed by atoms with E-state index in [0.717, 1.165) is 33.8 Å². The number of nitrogens with zero attached hydrogens (tertiary/aromatic N) is 2. The number of carbonyl (C=O) groups is 1. The van der Waals surface area contributed by atoms with Crippen LogP contribution in [0.25, 0.3) is 5.69 Å². The molecule has 1 atom stereocenters. The van der Waals surface area contributed by atoms with Gasteiger partial charge in [-0.2, -0.15) is 0 Å². The number of aryl methyl sites for hydroxylation is 2. The van der Waals surface area contributed by atoms with Crippen molar-refractivity contribution in [3.8, 4) is 5.69 Å². The number of hydrogen-bond donors (Lipinski definition) is 1. The minimum Gasteiger partial charge on any atom is -0.318 e. The van der Waals surface area contributed by atoms with Crippen molar-refractivity contribution in [2.24, 2.45) is 0 Å². The fraction of sp³-hybridized carbons (Fsp3) is 0.148. The lowest BCUT2D eigenvalue weighted by Crippen LogP contribution is -2.38. The second kappa shape index (κ2) is 7.80. The molecular formula is C27H25N3O. The molecule has 31 heavy (non-hydrogen) atoms. The number of benzene rings is 3. The van der Waals surface area contributed by atoms with Crippen LogP contribution in [0.3, 0.4) is 0 Å². The Bertz CT molecular complexity index is 1240. The molecule has 2 heterocycles. The molecule has 0 fully saturated rings. The summed E-state index contributed by atoms with van der Waals surface area (Å²) >= 11 is 0. The second-order valence-electron chi connectivity index (χ2n) is 8.12. The van der Waals surface area contributed by atoms with Crippen molar-refractivity contribution in [2.75, 3.05) is 5.32 Å². The molecule has 5 rings (SSSR count). The molecule has 0 saturated heterocycles. The maximum absolute atomic E-state index is 13.7. The van der Waals surface area contributed by atoms with Crippen molar-refractivity contribution in [3.05, 3.63) is 119 Å². The minimum absolute atomic E-state index is 0.107. The lowest BCUT2D eigenvalue weighted by molar-refractivity contribution is 0.194. The number of aromatic nitrogens is 1. The van der Waals surface area contributed by atoms with Crippen LogP contribution in [0.2, 0.25) is 0 Å². The molecule has 1 N–H and O–H groups in total. The number of carbonyl (C=O) groups excluding carboxylic acids is 1. The van der Waals surface area contributed by atoms with Gasteiger partial charge in [0.2, 0.25) is 0 Å². The molecule has 0 spiro atoms. The topological polar surface area (TPSA) is 37.3 Å². The highest BCUT2D eigenvalue weighted by molar-refractivity contribution is 5.91. The van der Waals surface area contributed by atoms with Crippen LogP contribution in [0, 0.1) is 13.8 Å². The van der Waals surface area contributed by atoms with Gasteiger partial charge in [0.15, 0.2) is 0 Å². The summed E-state index contributed by atoms with van der Waals surface area (Å²) in [5.41, 5.74) is 7.49. The molecule has 4 heteroatoms. The lowest BCUT2D eigenvalue weighted by atomic mass is 10.0. The Kier molecular flexibility index (Phi) is 4.83. The van der Waals surface area contributed by atoms with E-state index in [1.807, 2.05) is 48.2 Å². The Hall–Kier alpha value is -3.79. The molecule has 3 aromatic carbocycles. The summed E-state index contributed by atoms with van der Waals surface area (Å²) in [6.45, 7) is 4.61. The first kappa shape index (κ1) is 19.2. The summed E-state index contributed by atoms with van der Waals surface area (Å²) in [6.07, 6.45) is 2.08. The van der Waals surface area contributed by atoms with Gasteiger partial charge in [0, 0.05) is 17.6 Å². The van der Waals surface area contributed by atoms with Crippen LogP contribution in [0.4, 0.5) is 10.5 Å². The molecule has 2 amide bonds. The lowest BCUT2D eigenvalue weighted by Gasteiger charge is -2.31. The number of urea groups is 1. The molecule has 1 aromatic heterocycles. The predicted molar refractivity (Wildman–Crippen MR) is 125 cm³/mol. The number of fused-ring (bicyclic) bond motifs is 3. The monoisotopic (exact) mass is 407 g/mol. The minimum atomic E-state index is -0.202. The summed E-state index contributed by atoms with van der Waals surface area (Å²) in [4.78, 5) is 15.6. The maximum atomic E-state index is 13.7. The predicted octanol–water partition coefficient (Wildman–Crippen LogP) is 6.23. The van der Waals surface area contributed by atoms with Crippen molar-refractivity contribution >= 4 is 11.7 Å². The molecule has 0 unspecified atom stereocenters. The van der Waals surface area contributed by atoms with E-state index < -0.39 is 0 Å². The highest BCUT2D eigenvalue weighted by Gasteiger charge is 2.33. The highest BCUT2D eigenvalue weighted by Crippen LogP contribution is 2.37. The summed E-state index contributed by atoms with van der Waals surface area (Å²) in [7, 11) is 0. The van der Waals surface area contributed by atoms with Gasteiger partial charge in [0.1, 0.15) is 0 Å². The number of anilines is 1. The number of amides is 2. The van der Waals surface area contributed by atoms with Gasteiger partial charge < -0.3 is 14.8 Å². The van der Waals surface area contributed by atoms with Crippen LogP contribution in [0.5, 0.6) is 0 Å². The first-order valence-corrected chi connectivity index (χ1v) is 10.6. The first-order chi connectivity index (χ1) is 15.1. The van der Waals surface area contributed by atoms with Crippen LogP contribution in [-0.2, 0) is 6.54 Å². The van der Waals surface area contributed by atoms with Crippen LogP contribution in [0.15, 0.2) is 91.1 Å². The SMILES string of the molecule is Cc1ccc([C@H]2c3cccn3-c3ccccc3CN2C(=O)Nc2ccccc2C)cc1. The molecule has 0 bridgehead atoms. The van der Waals surface area contributed by atoms with Gasteiger partial charge in [-0.15, -0.1) is 0 Å². The quantitative estimate of drug-likeness (QED) is 0.420. The molecule has 154 valence electrons. The smallest absolute Gasteiger partial charge is 0.318 e. The second-order valence-corrected chi connectivity index (χ2v) is 8.12. The average Bonchev–Trinajstić information content (AvgIpc) is 3.20. The summed E-state index contributed by atoms with van der Waals surface area (Å²) in [5.74, 6) is 0. The molecule has 4 nitrogen and oxygen atoms in total. The number of hydrogen-bond acceptors (Lipinski definition) is 1. The third-order valence-corrected chi connectivity index (χ3v) is 6.00. The fourth-order valence-electron chi connectivity index (χ4n) is 4.34. The Labute approximate surface area is 182 Å². The first-order valence-electron chi connectivity index (χ1n) is 10.6. The molecule has 0 aliphatic carbocycles. The summed E-state index contributed by atoms with van der Waals surface area (Å²) < 4.78 is 2.21. The van der Waals surface area contributed by atoms with Crippen LogP contribution in [-0.4, -0.2) is 15.5 Å². The van der Waals surface area contributed by atoms with Gasteiger partial charge in [-0.05, 0) is 54.8 Å². The van der Waals surface area contributed by atoms with E-state index in [1.54, 1.807) is 0 Å². The Morgan fingerprint density at radius 2 is 1.61 bits per heavy atom. The van der Waals surface area contributed by atoms with Crippen LogP contribution >= 0.6 is 0 Å². The average molecular weight is 408 g/mol. The number of rotatable bonds is 2. The Morgan fingerprint density at radius 1 is 0.871 bits per heavy atom. The van der Waals surface area contributed by atoms with Crippen LogP contribution in [0.1, 0.15) is 34.0 Å². The molecule has 4 aromatic rings. The van der Waals surface area contributed by atoms with Crippen molar-refractivity contribution < 1.29 is 4.79 Å². The van der Waals surface area contributed by atoms with E-state index >= 15 is 0 Å². The standard InChI is InChI=1S/C27H25N3O/c1-19-13-15-21(16-14-19)26-25-12-7-17-29(25)24-11-6-4-9-22(24)18-30(26)27(31)28-23-10-5-3-8-20(23)2/h3-17,26H,18H2,1-2H3,(H,28,31)/t26-/m0/s1. The van der Waals surface area contributed by atoms with E-state index in [0.29, 0.717) is 6.54 Å². The van der Waals surface area contributed by atoms with Gasteiger partial charge in [0.05, 0.1) is 18.3 Å². The van der Waals surface area contributed by atoms with Gasteiger partial charge in [-0.3, -0.25) is 0 Å². The van der Waals surface area contributed by atoms with Gasteiger partial charge in [0.25, 0.3) is 0 Å². The molecule has 1 aliphatic heterocycles. The zero-order valence-electron chi connectivity index (χ0n) is 17.7. The highest BCUT2D eigenvalue weighted by atomic mass is 16.2. The third kappa shape index (κ3) is 3.50. The van der Waals surface area contributed by atoms with Gasteiger partial charge in [-0.1, -0.05) is 66.2 Å². The van der Waals surface area contributed by atoms with E-state index in [2.05, 4.69) is 71.5 Å². The normalized spacial score (nSPS) is 15.0. The van der Waals surface area contributed by atoms with Gasteiger partial charge >= 0.3 is 6.03 Å². The Morgan fingerprint density at radius 3 is 2.42 bits per heavy atom. The van der Waals surface area contributed by atoms with E-state index in [-0.39, 0.29) is 12.1 Å². The zero-order chi connectivity index (χ0) is 21.4. The molecule has 1 aliphatic rings. The van der Waals surface area contributed by atoms with Crippen molar-refractivity contribution in [3.63, 3.8) is 0 Å². The van der Waals surface area contributed by atoms with Crippen molar-refractivity contribution in [2.45, 2.75) is 26.4 Å². The molecular weight excluding hydrogens is 382 g/mol. The zero-order valence-corrected chi connectivity index (χ0v) is 17.7. The maximum Gasteiger partial charge on any atom is 0.322 e. The Balaban J connectivity index is 1.64. The van der Waals surface area contributed by atoms with E-state index in [9.17, 15) is 4.79 Å². The summed E-state index contributed by atoms with van der Waals surface area (Å²) in [6, 6.07) is 28.5. The number of para-hydroxylation sites is 2. The van der Waals surface area contributed by atoms with Crippen LogP contribution < -0.4 is 5.32 Å². The fourth-order valence-corrected chi connectivity index (χ4v) is 4.34. The van der Waals surface area contributed by atoms with E-state index in [4.69, 9.17) is 0 Å². The van der Waals surface area contributed by atoms with E-state index in [1.165, 1.54) is 5.56 Å². The number of nitrogens with one attached hydrogen (secondary N) is 1. The third-order valence-electron chi connectivity index (χ3n) is 6.00. The van der Waals surface area contributed by atoms with Gasteiger partial charge in [-0.25, -0.2) is 4.79 Å².